The fraction of sp³-hybridized carbons (Fsp3) is 0.160. The van der Waals surface area contributed by atoms with E-state index in [1.54, 1.807) is 56.9 Å². The SMILES string of the molecule is COc1ccc(/C=N/N=C2\S/C(=C\c3ccc(OC)c(OC)c3)C(=O)N2Cc2ccco2)cc1. The summed E-state index contributed by atoms with van der Waals surface area (Å²) in [4.78, 5) is 15.3. The summed E-state index contributed by atoms with van der Waals surface area (Å²) in [6.07, 6.45) is 4.99. The summed E-state index contributed by atoms with van der Waals surface area (Å²) in [6, 6.07) is 16.5. The van der Waals surface area contributed by atoms with E-state index in [-0.39, 0.29) is 12.5 Å². The summed E-state index contributed by atoms with van der Waals surface area (Å²) in [5.74, 6) is 2.42. The van der Waals surface area contributed by atoms with Crippen LogP contribution in [0, 0.1) is 0 Å². The largest absolute Gasteiger partial charge is 0.497 e. The molecular formula is C25H23N3O5S. The molecule has 0 aliphatic carbocycles. The third-order valence-electron chi connectivity index (χ3n) is 4.95. The number of carbonyl (C=O) groups is 1. The Bertz CT molecular complexity index is 1230. The van der Waals surface area contributed by atoms with Crippen molar-refractivity contribution in [2.45, 2.75) is 6.54 Å². The van der Waals surface area contributed by atoms with Crippen LogP contribution in [0.2, 0.25) is 0 Å². The van der Waals surface area contributed by atoms with Gasteiger partial charge in [0.15, 0.2) is 16.7 Å². The van der Waals surface area contributed by atoms with Crippen LogP contribution in [0.1, 0.15) is 16.9 Å². The zero-order valence-corrected chi connectivity index (χ0v) is 19.7. The average Bonchev–Trinajstić information content (AvgIpc) is 3.48. The summed E-state index contributed by atoms with van der Waals surface area (Å²) < 4.78 is 21.3. The third kappa shape index (κ3) is 5.32. The monoisotopic (exact) mass is 477 g/mol. The molecule has 4 rings (SSSR count). The Hall–Kier alpha value is -3.98. The van der Waals surface area contributed by atoms with Gasteiger partial charge in [0.05, 0.1) is 45.3 Å². The first-order chi connectivity index (χ1) is 16.6. The van der Waals surface area contributed by atoms with Crippen LogP contribution in [-0.2, 0) is 11.3 Å². The first-order valence-corrected chi connectivity index (χ1v) is 11.1. The number of amides is 1. The minimum Gasteiger partial charge on any atom is -0.497 e. The van der Waals surface area contributed by atoms with Crippen LogP contribution in [0.4, 0.5) is 0 Å². The summed E-state index contributed by atoms with van der Waals surface area (Å²) in [6.45, 7) is 0.249. The molecule has 1 aliphatic rings. The van der Waals surface area contributed by atoms with Gasteiger partial charge in [-0.15, -0.1) is 5.10 Å². The quantitative estimate of drug-likeness (QED) is 0.263. The zero-order valence-electron chi connectivity index (χ0n) is 18.9. The second kappa shape index (κ2) is 10.8. The van der Waals surface area contributed by atoms with E-state index in [1.807, 2.05) is 42.5 Å². The highest BCUT2D eigenvalue weighted by Gasteiger charge is 2.34. The van der Waals surface area contributed by atoms with Gasteiger partial charge in [-0.05, 0) is 77.5 Å². The lowest BCUT2D eigenvalue weighted by Gasteiger charge is -2.12. The normalized spacial score (nSPS) is 16.1. The third-order valence-corrected chi connectivity index (χ3v) is 5.95. The van der Waals surface area contributed by atoms with Crippen LogP contribution in [-0.4, -0.2) is 43.5 Å². The molecule has 174 valence electrons. The molecule has 1 saturated heterocycles. The lowest BCUT2D eigenvalue weighted by Crippen LogP contribution is -2.28. The van der Waals surface area contributed by atoms with Gasteiger partial charge in [-0.2, -0.15) is 5.10 Å². The fourth-order valence-corrected chi connectivity index (χ4v) is 4.14. The number of thioether (sulfide) groups is 1. The molecule has 1 aliphatic heterocycles. The first-order valence-electron chi connectivity index (χ1n) is 10.3. The maximum atomic E-state index is 13.2. The van der Waals surface area contributed by atoms with Crippen LogP contribution >= 0.6 is 11.8 Å². The summed E-state index contributed by atoms with van der Waals surface area (Å²) in [5.41, 5.74) is 1.66. The lowest BCUT2D eigenvalue weighted by atomic mass is 10.2. The van der Waals surface area contributed by atoms with Gasteiger partial charge in [-0.3, -0.25) is 9.69 Å². The van der Waals surface area contributed by atoms with E-state index in [1.165, 1.54) is 11.8 Å². The van der Waals surface area contributed by atoms with Gasteiger partial charge in [0.25, 0.3) is 5.91 Å². The van der Waals surface area contributed by atoms with Gasteiger partial charge < -0.3 is 18.6 Å². The number of carbonyl (C=O) groups excluding carboxylic acids is 1. The van der Waals surface area contributed by atoms with Crippen molar-refractivity contribution in [2.24, 2.45) is 10.2 Å². The molecule has 1 amide bonds. The van der Waals surface area contributed by atoms with Crippen molar-refractivity contribution in [2.75, 3.05) is 21.3 Å². The van der Waals surface area contributed by atoms with Crippen molar-refractivity contribution >= 4 is 35.1 Å². The Kier molecular flexibility index (Phi) is 7.34. The number of rotatable bonds is 8. The van der Waals surface area contributed by atoms with E-state index in [2.05, 4.69) is 10.2 Å². The summed E-state index contributed by atoms with van der Waals surface area (Å²) >= 11 is 1.25. The smallest absolute Gasteiger partial charge is 0.267 e. The number of hydrogen-bond acceptors (Lipinski definition) is 8. The molecule has 0 atom stereocenters. The van der Waals surface area contributed by atoms with Gasteiger partial charge >= 0.3 is 0 Å². The maximum Gasteiger partial charge on any atom is 0.267 e. The van der Waals surface area contributed by atoms with Crippen molar-refractivity contribution < 1.29 is 23.4 Å². The van der Waals surface area contributed by atoms with Crippen molar-refractivity contribution in [3.8, 4) is 17.2 Å². The van der Waals surface area contributed by atoms with Crippen molar-refractivity contribution in [1.82, 2.24) is 4.90 Å². The highest BCUT2D eigenvalue weighted by Crippen LogP contribution is 2.35. The number of furan rings is 1. The second-order valence-electron chi connectivity index (χ2n) is 7.10. The van der Waals surface area contributed by atoms with E-state index < -0.39 is 0 Å². The molecule has 1 aromatic heterocycles. The van der Waals surface area contributed by atoms with Crippen molar-refractivity contribution in [1.29, 1.82) is 0 Å². The number of methoxy groups -OCH3 is 3. The van der Waals surface area contributed by atoms with Crippen LogP contribution in [0.25, 0.3) is 6.08 Å². The molecule has 3 aromatic rings. The Morgan fingerprint density at radius 1 is 0.971 bits per heavy atom. The van der Waals surface area contributed by atoms with Crippen LogP contribution in [0.5, 0.6) is 17.2 Å². The molecule has 0 saturated carbocycles. The van der Waals surface area contributed by atoms with E-state index in [0.717, 1.165) is 16.9 Å². The van der Waals surface area contributed by atoms with E-state index >= 15 is 0 Å². The van der Waals surface area contributed by atoms with E-state index in [0.29, 0.717) is 27.3 Å². The molecular weight excluding hydrogens is 454 g/mol. The van der Waals surface area contributed by atoms with Gasteiger partial charge in [-0.25, -0.2) is 0 Å². The van der Waals surface area contributed by atoms with Crippen molar-refractivity contribution in [3.05, 3.63) is 82.7 Å². The van der Waals surface area contributed by atoms with Crippen LogP contribution in [0.15, 0.2) is 80.4 Å². The zero-order chi connectivity index (χ0) is 23.9. The molecule has 0 radical (unpaired) electrons. The Labute approximate surface area is 201 Å². The number of benzene rings is 2. The molecule has 8 nitrogen and oxygen atoms in total. The molecule has 34 heavy (non-hydrogen) atoms. The molecule has 0 N–H and O–H groups in total. The van der Waals surface area contributed by atoms with Crippen molar-refractivity contribution in [3.63, 3.8) is 0 Å². The lowest BCUT2D eigenvalue weighted by molar-refractivity contribution is -0.122. The molecule has 0 spiro atoms. The Balaban J connectivity index is 1.61. The average molecular weight is 478 g/mol. The highest BCUT2D eigenvalue weighted by molar-refractivity contribution is 8.18. The number of hydrogen-bond donors (Lipinski definition) is 0. The fourth-order valence-electron chi connectivity index (χ4n) is 3.21. The molecule has 0 unspecified atom stereocenters. The molecule has 0 bridgehead atoms. The summed E-state index contributed by atoms with van der Waals surface area (Å²) in [7, 11) is 4.76. The Morgan fingerprint density at radius 2 is 1.74 bits per heavy atom. The number of ether oxygens (including phenoxy) is 3. The molecule has 9 heteroatoms. The van der Waals surface area contributed by atoms with Crippen LogP contribution in [0.3, 0.4) is 0 Å². The molecule has 2 aromatic carbocycles. The predicted molar refractivity (Wildman–Crippen MR) is 132 cm³/mol. The Morgan fingerprint density at radius 3 is 2.41 bits per heavy atom. The number of nitrogens with zero attached hydrogens (tertiary/aromatic N) is 3. The van der Waals surface area contributed by atoms with Gasteiger partial charge in [0.2, 0.25) is 0 Å². The summed E-state index contributed by atoms with van der Waals surface area (Å²) in [5, 5.41) is 8.98. The van der Waals surface area contributed by atoms with Gasteiger partial charge in [0, 0.05) is 0 Å². The first kappa shape index (κ1) is 23.2. The van der Waals surface area contributed by atoms with Gasteiger partial charge in [-0.1, -0.05) is 6.07 Å². The van der Waals surface area contributed by atoms with E-state index in [4.69, 9.17) is 18.6 Å². The second-order valence-corrected chi connectivity index (χ2v) is 8.11. The predicted octanol–water partition coefficient (Wildman–Crippen LogP) is 4.81. The highest BCUT2D eigenvalue weighted by atomic mass is 32.2. The minimum atomic E-state index is -0.186. The van der Waals surface area contributed by atoms with E-state index in [9.17, 15) is 4.79 Å². The standard InChI is InChI=1S/C25H23N3O5S/c1-30-19-9-6-17(7-10-19)15-26-27-25-28(16-20-5-4-12-33-20)24(29)23(34-25)14-18-8-11-21(31-2)22(13-18)32-3/h4-15H,16H2,1-3H3/b23-14-,26-15+,27-25-. The van der Waals surface area contributed by atoms with Crippen LogP contribution < -0.4 is 14.2 Å². The minimum absolute atomic E-state index is 0.186. The maximum absolute atomic E-state index is 13.2. The van der Waals surface area contributed by atoms with Gasteiger partial charge in [0.1, 0.15) is 11.5 Å². The topological polar surface area (TPSA) is 85.9 Å². The number of amidine groups is 1. The molecule has 2 heterocycles. The molecule has 1 fully saturated rings.